The number of nitrogens with one attached hydrogen (secondary N) is 2. The number of rotatable bonds is 5. The van der Waals surface area contributed by atoms with E-state index in [9.17, 15) is 10.2 Å². The lowest BCUT2D eigenvalue weighted by Gasteiger charge is -2.15. The molecule has 0 radical (unpaired) electrons. The van der Waals surface area contributed by atoms with Gasteiger partial charge in [-0.3, -0.25) is 4.68 Å². The van der Waals surface area contributed by atoms with E-state index < -0.39 is 18.2 Å². The summed E-state index contributed by atoms with van der Waals surface area (Å²) < 4.78 is 1.61. The van der Waals surface area contributed by atoms with Gasteiger partial charge in [0.15, 0.2) is 0 Å². The van der Waals surface area contributed by atoms with E-state index in [4.69, 9.17) is 5.11 Å². The summed E-state index contributed by atoms with van der Waals surface area (Å²) in [5.41, 5.74) is 0.809. The van der Waals surface area contributed by atoms with Crippen LogP contribution in [0.3, 0.4) is 0 Å². The molecule has 0 aromatic carbocycles. The van der Waals surface area contributed by atoms with Gasteiger partial charge in [0.25, 0.3) is 0 Å². The zero-order chi connectivity index (χ0) is 13.1. The van der Waals surface area contributed by atoms with Gasteiger partial charge < -0.3 is 26.0 Å². The lowest BCUT2D eigenvalue weighted by atomic mass is 10.1. The second-order valence-corrected chi connectivity index (χ2v) is 4.51. The van der Waals surface area contributed by atoms with E-state index in [0.717, 1.165) is 5.69 Å². The highest BCUT2D eigenvalue weighted by atomic mass is 16.3. The summed E-state index contributed by atoms with van der Waals surface area (Å²) in [6.45, 7) is 0.811. The topological polar surface area (TPSA) is 115 Å². The van der Waals surface area contributed by atoms with Gasteiger partial charge in [0.2, 0.25) is 0 Å². The maximum absolute atomic E-state index is 9.83. The van der Waals surface area contributed by atoms with Crippen LogP contribution >= 0.6 is 0 Å². The first-order valence-electron chi connectivity index (χ1n) is 5.92. The molecule has 2 rings (SSSR count). The number of aromatic nitrogens is 3. The molecule has 18 heavy (non-hydrogen) atoms. The quantitative estimate of drug-likeness (QED) is 0.383. The van der Waals surface area contributed by atoms with Gasteiger partial charge in [0, 0.05) is 12.7 Å². The van der Waals surface area contributed by atoms with Crippen LogP contribution in [0, 0.1) is 0 Å². The molecular weight excluding hydrogens is 238 g/mol. The number of aliphatic hydroxyl groups excluding tert-OH is 3. The number of hydrogen-bond acceptors (Lipinski definition) is 7. The van der Waals surface area contributed by atoms with Crippen molar-refractivity contribution in [3.8, 4) is 0 Å². The van der Waals surface area contributed by atoms with E-state index in [1.54, 1.807) is 10.9 Å². The Bertz CT molecular complexity index is 385. The summed E-state index contributed by atoms with van der Waals surface area (Å²) in [4.78, 5) is 0. The Morgan fingerprint density at radius 1 is 1.39 bits per heavy atom. The average molecular weight is 257 g/mol. The maximum atomic E-state index is 9.83. The van der Waals surface area contributed by atoms with Crippen molar-refractivity contribution in [2.24, 2.45) is 0 Å². The Kier molecular flexibility index (Phi) is 4.25. The lowest BCUT2D eigenvalue weighted by molar-refractivity contribution is 0.0175. The number of aliphatic hydroxyl groups is 3. The van der Waals surface area contributed by atoms with Crippen LogP contribution in [0.25, 0.3) is 0 Å². The fraction of sp³-hybridized carbons (Fsp3) is 0.800. The third-order valence-electron chi connectivity index (χ3n) is 3.13. The normalized spacial score (nSPS) is 32.0. The molecule has 2 heterocycles. The first-order chi connectivity index (χ1) is 8.65. The third-order valence-corrected chi connectivity index (χ3v) is 3.13. The summed E-state index contributed by atoms with van der Waals surface area (Å²) in [7, 11) is 1.82. The first-order valence-corrected chi connectivity index (χ1v) is 5.92. The third kappa shape index (κ3) is 2.68. The molecule has 5 N–H and O–H groups in total. The summed E-state index contributed by atoms with van der Waals surface area (Å²) in [5.74, 6) is 0. The summed E-state index contributed by atoms with van der Waals surface area (Å²) in [5, 5.41) is 42.4. The molecule has 4 atom stereocenters. The van der Waals surface area contributed by atoms with Crippen molar-refractivity contribution < 1.29 is 15.3 Å². The standard InChI is InChI=1S/C10H19N5O3/c1-11-2-6-3-15(14-13-6)4-7-9(17)10(18)8(5-16)12-7/h3,7-12,16-18H,2,4-5H2,1H3/t7-,8-,9-,10-/m1/s1. The molecule has 0 amide bonds. The Labute approximate surface area is 105 Å². The highest BCUT2D eigenvalue weighted by Gasteiger charge is 2.40. The molecule has 1 aromatic rings. The van der Waals surface area contributed by atoms with E-state index >= 15 is 0 Å². The molecule has 8 nitrogen and oxygen atoms in total. The van der Waals surface area contributed by atoms with Gasteiger partial charge in [-0.15, -0.1) is 5.10 Å². The predicted molar refractivity (Wildman–Crippen MR) is 62.6 cm³/mol. The van der Waals surface area contributed by atoms with E-state index in [0.29, 0.717) is 13.1 Å². The van der Waals surface area contributed by atoms with E-state index in [-0.39, 0.29) is 12.6 Å². The molecule has 0 aliphatic carbocycles. The summed E-state index contributed by atoms with van der Waals surface area (Å²) in [6, 6.07) is -0.841. The van der Waals surface area contributed by atoms with Crippen LogP contribution in [-0.4, -0.2) is 68.3 Å². The van der Waals surface area contributed by atoms with Crippen molar-refractivity contribution in [3.05, 3.63) is 11.9 Å². The first kappa shape index (κ1) is 13.4. The van der Waals surface area contributed by atoms with Gasteiger partial charge >= 0.3 is 0 Å². The minimum atomic E-state index is -0.958. The molecule has 0 saturated carbocycles. The van der Waals surface area contributed by atoms with E-state index in [1.807, 2.05) is 7.05 Å². The number of hydrogen-bond donors (Lipinski definition) is 5. The van der Waals surface area contributed by atoms with Crippen LogP contribution in [0.5, 0.6) is 0 Å². The molecule has 0 bridgehead atoms. The molecule has 1 aliphatic rings. The van der Waals surface area contributed by atoms with E-state index in [1.165, 1.54) is 0 Å². The van der Waals surface area contributed by atoms with Crippen molar-refractivity contribution in [3.63, 3.8) is 0 Å². The van der Waals surface area contributed by atoms with Crippen LogP contribution in [-0.2, 0) is 13.1 Å². The maximum Gasteiger partial charge on any atom is 0.0990 e. The zero-order valence-corrected chi connectivity index (χ0v) is 10.2. The van der Waals surface area contributed by atoms with Gasteiger partial charge in [-0.25, -0.2) is 0 Å². The minimum Gasteiger partial charge on any atom is -0.395 e. The van der Waals surface area contributed by atoms with Gasteiger partial charge in [-0.05, 0) is 7.05 Å². The molecule has 1 aromatic heterocycles. The van der Waals surface area contributed by atoms with Gasteiger partial charge in [-0.2, -0.15) is 0 Å². The van der Waals surface area contributed by atoms with Crippen LogP contribution < -0.4 is 10.6 Å². The summed E-state index contributed by atoms with van der Waals surface area (Å²) >= 11 is 0. The average Bonchev–Trinajstić information content (AvgIpc) is 2.90. The SMILES string of the molecule is CNCc1cn(C[C@H]2N[C@H](CO)[C@@H](O)[C@@H]2O)nn1. The molecule has 1 saturated heterocycles. The second-order valence-electron chi connectivity index (χ2n) is 4.51. The largest absolute Gasteiger partial charge is 0.395 e. The lowest BCUT2D eigenvalue weighted by Crippen LogP contribution is -2.38. The van der Waals surface area contributed by atoms with Gasteiger partial charge in [0.1, 0.15) is 0 Å². The molecule has 8 heteroatoms. The fourth-order valence-corrected chi connectivity index (χ4v) is 2.16. The van der Waals surface area contributed by atoms with Crippen molar-refractivity contribution in [2.75, 3.05) is 13.7 Å². The molecule has 0 unspecified atom stereocenters. The predicted octanol–water partition coefficient (Wildman–Crippen LogP) is -2.95. The number of nitrogens with zero attached hydrogens (tertiary/aromatic N) is 3. The molecular formula is C10H19N5O3. The Morgan fingerprint density at radius 2 is 2.11 bits per heavy atom. The molecule has 0 spiro atoms. The zero-order valence-electron chi connectivity index (χ0n) is 10.2. The molecule has 102 valence electrons. The molecule has 1 fully saturated rings. The summed E-state index contributed by atoms with van der Waals surface area (Å²) in [6.07, 6.45) is -0.0943. The second kappa shape index (κ2) is 5.72. The van der Waals surface area contributed by atoms with Crippen molar-refractivity contribution in [2.45, 2.75) is 37.4 Å². The highest BCUT2D eigenvalue weighted by molar-refractivity contribution is 4.99. The van der Waals surface area contributed by atoms with Crippen LogP contribution in [0.15, 0.2) is 6.20 Å². The van der Waals surface area contributed by atoms with Gasteiger partial charge in [-0.1, -0.05) is 5.21 Å². The Hall–Kier alpha value is -1.06. The minimum absolute atomic E-state index is 0.211. The van der Waals surface area contributed by atoms with Crippen LogP contribution in [0.2, 0.25) is 0 Å². The highest BCUT2D eigenvalue weighted by Crippen LogP contribution is 2.15. The van der Waals surface area contributed by atoms with Crippen LogP contribution in [0.1, 0.15) is 5.69 Å². The van der Waals surface area contributed by atoms with Gasteiger partial charge in [0.05, 0.1) is 43.1 Å². The fourth-order valence-electron chi connectivity index (χ4n) is 2.16. The van der Waals surface area contributed by atoms with Crippen molar-refractivity contribution >= 4 is 0 Å². The Morgan fingerprint density at radius 3 is 2.72 bits per heavy atom. The van der Waals surface area contributed by atoms with Crippen LogP contribution in [0.4, 0.5) is 0 Å². The molecule has 1 aliphatic heterocycles. The van der Waals surface area contributed by atoms with E-state index in [2.05, 4.69) is 20.9 Å². The monoisotopic (exact) mass is 257 g/mol. The van der Waals surface area contributed by atoms with Crippen molar-refractivity contribution in [1.82, 2.24) is 25.6 Å². The Balaban J connectivity index is 1.96. The van der Waals surface area contributed by atoms with Crippen molar-refractivity contribution in [1.29, 1.82) is 0 Å². The smallest absolute Gasteiger partial charge is 0.0990 e.